The van der Waals surface area contributed by atoms with E-state index in [0.717, 1.165) is 126 Å². The van der Waals surface area contributed by atoms with Crippen molar-refractivity contribution in [3.8, 4) is 34.5 Å². The van der Waals surface area contributed by atoms with Gasteiger partial charge in [0.2, 0.25) is 0 Å². The molecule has 123 heavy (non-hydrogen) atoms. The van der Waals surface area contributed by atoms with Crippen molar-refractivity contribution in [2.24, 2.45) is 30.0 Å². The number of aliphatic imine (C=N–C) groups is 6. The molecule has 12 aromatic rings. The van der Waals surface area contributed by atoms with Gasteiger partial charge in [-0.3, -0.25) is 59.9 Å². The van der Waals surface area contributed by atoms with Crippen LogP contribution < -0.4 is 28.4 Å². The number of hydrogen-bond acceptors (Lipinski definition) is 18. The maximum atomic E-state index is 5.83. The molecule has 0 aliphatic carbocycles. The third-order valence-electron chi connectivity index (χ3n) is 18.8. The molecule has 0 amide bonds. The van der Waals surface area contributed by atoms with Crippen LogP contribution in [-0.2, 0) is 26.3 Å². The number of hydrogen-bond donors (Lipinski definition) is 0. The molecular formula is C99H108Cl4Fe2N12O6. The van der Waals surface area contributed by atoms with Crippen molar-refractivity contribution < 1.29 is 54.7 Å². The average molecular weight is 1820 g/mol. The van der Waals surface area contributed by atoms with E-state index < -0.39 is 0 Å². The molecule has 0 N–H and O–H groups in total. The number of pyridine rings is 6. The molecule has 644 valence electrons. The fourth-order valence-corrected chi connectivity index (χ4v) is 11.6. The van der Waals surface area contributed by atoms with E-state index in [-0.39, 0.29) is 62.5 Å². The van der Waals surface area contributed by atoms with Crippen LogP contribution in [-0.4, -0.2) is 107 Å². The van der Waals surface area contributed by atoms with Crippen molar-refractivity contribution in [3.63, 3.8) is 0 Å². The zero-order valence-electron chi connectivity index (χ0n) is 70.3. The van der Waals surface area contributed by atoms with E-state index in [2.05, 4.69) is 174 Å². The van der Waals surface area contributed by atoms with Crippen LogP contribution in [0.25, 0.3) is 0 Å². The first-order chi connectivity index (χ1) is 60.3. The SMILES string of the molecule is C[C@H](N=Cc1ccc(OCCCCCOc2ccc(C=N[C@@H](C)c3ccccc3)nc2)cn1)c1ccccc1.C[C@H](N=Cc1ccc(OCCCCCOc2ccc(C=N[C@@H](C)c3ccccc3)nc2)cn1)c1ccccc1.C[C@H](N=Cc1ccc(OCCCCCOc2ccc(C=N[C@@H](C)c3ccccc3)nc2)cn1)c1ccccc1.[Cl][Fe][Cl].[Cl][Fe][Cl]. The molecule has 0 saturated heterocycles. The molecule has 6 atom stereocenters. The average Bonchev–Trinajstić information content (AvgIpc) is 0.901. The van der Waals surface area contributed by atoms with Gasteiger partial charge in [0, 0.05) is 37.3 Å². The molecule has 0 fully saturated rings. The topological polar surface area (TPSA) is 207 Å². The Hall–Kier alpha value is -10.8. The molecule has 18 nitrogen and oxygen atoms in total. The van der Waals surface area contributed by atoms with Gasteiger partial charge in [0.15, 0.2) is 0 Å². The predicted octanol–water partition coefficient (Wildman–Crippen LogP) is 25.1. The Morgan fingerprint density at radius 3 is 0.480 bits per heavy atom. The Balaban J connectivity index is 0.000000221. The van der Waals surface area contributed by atoms with E-state index in [1.807, 2.05) is 219 Å². The Labute approximate surface area is 755 Å². The van der Waals surface area contributed by atoms with Gasteiger partial charge in [-0.15, -0.1) is 0 Å². The van der Waals surface area contributed by atoms with Gasteiger partial charge in [0.05, 0.1) is 147 Å². The second kappa shape index (κ2) is 59.9. The van der Waals surface area contributed by atoms with Crippen molar-refractivity contribution in [2.45, 2.75) is 136 Å². The summed E-state index contributed by atoms with van der Waals surface area (Å²) in [5.74, 6) is 4.62. The van der Waals surface area contributed by atoms with Crippen molar-refractivity contribution in [1.82, 2.24) is 29.9 Å². The Morgan fingerprint density at radius 2 is 0.358 bits per heavy atom. The van der Waals surface area contributed by atoms with Gasteiger partial charge >= 0.3 is 66.7 Å². The van der Waals surface area contributed by atoms with Crippen molar-refractivity contribution in [1.29, 1.82) is 0 Å². The van der Waals surface area contributed by atoms with E-state index in [1.54, 1.807) is 37.2 Å². The van der Waals surface area contributed by atoms with Crippen LogP contribution >= 0.6 is 40.4 Å². The molecular weight excluding hydrogens is 1710 g/mol. The fourth-order valence-electron chi connectivity index (χ4n) is 11.6. The summed E-state index contributed by atoms with van der Waals surface area (Å²) >= 11 is 0.389. The monoisotopic (exact) mass is 1810 g/mol. The number of ether oxygens (including phenoxy) is 6. The van der Waals surface area contributed by atoms with E-state index in [1.165, 1.54) is 33.4 Å². The van der Waals surface area contributed by atoms with Gasteiger partial charge in [-0.1, -0.05) is 182 Å². The Kier molecular flexibility index (Phi) is 47.6. The molecule has 24 heteroatoms. The first-order valence-corrected chi connectivity index (χ1v) is 47.1. The standard InChI is InChI=1S/3C33H36N4O2.4ClH.2Fe/c3*1-26(28-12-6-3-7-13-28)34-22-30-16-18-32(24-36-30)38-20-10-5-11-21-39-33-19-17-31(37-25-33)23-35-27(2)29-14-8-4-9-15-29;;;;;;/h3*3-4,6-9,12-19,22-27H,5,10-11,20-21H2,1-2H3;4*1H;;/q;;;;;;;2*+2/p-4/t3*26-,27-;;;;;;/m000....../s1. The molecule has 0 bridgehead atoms. The third kappa shape index (κ3) is 40.4. The van der Waals surface area contributed by atoms with Gasteiger partial charge in [-0.25, -0.2) is 0 Å². The molecule has 0 unspecified atom stereocenters. The minimum atomic E-state index is 0.0945. The van der Waals surface area contributed by atoms with Crippen LogP contribution in [0.2, 0.25) is 0 Å². The molecule has 0 spiro atoms. The normalized spacial score (nSPS) is 12.7. The number of aromatic nitrogens is 6. The number of benzene rings is 6. The summed E-state index contributed by atoms with van der Waals surface area (Å²) in [5.41, 5.74) is 12.0. The van der Waals surface area contributed by atoms with Crippen LogP contribution in [0.1, 0.15) is 203 Å². The van der Waals surface area contributed by atoms with Gasteiger partial charge in [0.1, 0.15) is 34.5 Å². The van der Waals surface area contributed by atoms with E-state index >= 15 is 0 Å². The summed E-state index contributed by atoms with van der Waals surface area (Å²) in [6.07, 6.45) is 30.1. The summed E-state index contributed by atoms with van der Waals surface area (Å²) in [7, 11) is 19.1. The summed E-state index contributed by atoms with van der Waals surface area (Å²) < 4.78 is 35.0. The molecule has 0 aliphatic heterocycles. The van der Waals surface area contributed by atoms with Crippen molar-refractivity contribution >= 4 is 77.7 Å². The van der Waals surface area contributed by atoms with Crippen LogP contribution in [0.15, 0.2) is 322 Å². The van der Waals surface area contributed by atoms with Crippen LogP contribution in [0.5, 0.6) is 34.5 Å². The summed E-state index contributed by atoms with van der Waals surface area (Å²) in [4.78, 5) is 54.2. The van der Waals surface area contributed by atoms with Gasteiger partial charge in [-0.2, -0.15) is 0 Å². The fraction of sp³-hybridized carbons (Fsp3) is 0.273. The number of nitrogens with zero attached hydrogens (tertiary/aromatic N) is 12. The second-order valence-corrected chi connectivity index (χ2v) is 31.7. The summed E-state index contributed by atoms with van der Waals surface area (Å²) in [6, 6.07) is 85.2. The van der Waals surface area contributed by atoms with Crippen LogP contribution in [0.4, 0.5) is 0 Å². The molecule has 0 saturated carbocycles. The van der Waals surface area contributed by atoms with Crippen molar-refractivity contribution in [2.75, 3.05) is 39.6 Å². The first-order valence-electron chi connectivity index (χ1n) is 41.1. The molecule has 6 aromatic carbocycles. The van der Waals surface area contributed by atoms with Gasteiger partial charge < -0.3 is 28.4 Å². The van der Waals surface area contributed by atoms with Gasteiger partial charge in [0.25, 0.3) is 0 Å². The zero-order valence-corrected chi connectivity index (χ0v) is 75.5. The molecule has 12 rings (SSSR count). The minimum absolute atomic E-state index is 0.0945. The Morgan fingerprint density at radius 1 is 0.220 bits per heavy atom. The molecule has 0 aliphatic rings. The van der Waals surface area contributed by atoms with E-state index in [4.69, 9.17) is 68.8 Å². The van der Waals surface area contributed by atoms with Crippen LogP contribution in [0, 0.1) is 0 Å². The summed E-state index contributed by atoms with van der Waals surface area (Å²) in [6.45, 7) is 16.4. The quantitative estimate of drug-likeness (QED) is 0.0199. The molecule has 6 aromatic heterocycles. The second-order valence-electron chi connectivity index (χ2n) is 28.1. The number of rotatable bonds is 42. The Bertz CT molecular complexity index is 4140. The first kappa shape index (κ1) is 97.7. The summed E-state index contributed by atoms with van der Waals surface area (Å²) in [5, 5.41) is 0. The van der Waals surface area contributed by atoms with Gasteiger partial charge in [-0.05, 0) is 206 Å². The third-order valence-corrected chi connectivity index (χ3v) is 18.8. The number of unbranched alkanes of at least 4 members (excludes halogenated alkanes) is 6. The predicted molar refractivity (Wildman–Crippen MR) is 498 cm³/mol. The number of halogens is 4. The van der Waals surface area contributed by atoms with Crippen molar-refractivity contribution in [3.05, 3.63) is 360 Å². The molecule has 0 radical (unpaired) electrons. The maximum absolute atomic E-state index is 5.83. The molecule has 6 heterocycles. The zero-order chi connectivity index (χ0) is 86.8. The van der Waals surface area contributed by atoms with E-state index in [0.29, 0.717) is 39.6 Å². The van der Waals surface area contributed by atoms with Crippen LogP contribution in [0.3, 0.4) is 0 Å². The van der Waals surface area contributed by atoms with E-state index in [9.17, 15) is 0 Å².